The van der Waals surface area contributed by atoms with Crippen molar-refractivity contribution in [3.63, 3.8) is 0 Å². The number of quaternary nitrogens is 2. The number of ether oxygens (including phenoxy) is 2. The lowest BCUT2D eigenvalue weighted by Crippen LogP contribution is -3.00. The molecule has 1 fully saturated rings. The Morgan fingerprint density at radius 1 is 0.605 bits per heavy atom. The molecule has 3 rings (SSSR count). The Balaban J connectivity index is 0.00000361. The van der Waals surface area contributed by atoms with Crippen LogP contribution < -0.4 is 48.0 Å². The molecule has 0 atom stereocenters. The van der Waals surface area contributed by atoms with Crippen LogP contribution in [-0.4, -0.2) is 89.5 Å². The highest BCUT2D eigenvalue weighted by Gasteiger charge is 2.59. The predicted molar refractivity (Wildman–Crippen MR) is 142 cm³/mol. The highest BCUT2D eigenvalue weighted by molar-refractivity contribution is 5.85. The molecule has 0 radical (unpaired) electrons. The monoisotopic (exact) mass is 750 g/mol. The van der Waals surface area contributed by atoms with E-state index in [9.17, 15) is 9.59 Å². The zero-order valence-electron chi connectivity index (χ0n) is 23.6. The van der Waals surface area contributed by atoms with Gasteiger partial charge in [0.2, 0.25) is 0 Å². The molecule has 2 aromatic carbocycles. The van der Waals surface area contributed by atoms with Crippen molar-refractivity contribution in [2.45, 2.75) is 24.7 Å². The molecule has 6 nitrogen and oxygen atoms in total. The minimum Gasteiger partial charge on any atom is -1.00 e. The molecule has 0 heterocycles. The van der Waals surface area contributed by atoms with Crippen LogP contribution in [0.4, 0.5) is 0 Å². The summed E-state index contributed by atoms with van der Waals surface area (Å²) in [7, 11) is 12.8. The summed E-state index contributed by atoms with van der Waals surface area (Å²) in [5, 5.41) is 0. The predicted octanol–water partition coefficient (Wildman–Crippen LogP) is -1.91. The first-order valence-corrected chi connectivity index (χ1v) is 13.0. The van der Waals surface area contributed by atoms with Crippen LogP contribution in [0.5, 0.6) is 0 Å². The summed E-state index contributed by atoms with van der Waals surface area (Å²) in [5.41, 5.74) is 1.96. The van der Waals surface area contributed by atoms with Gasteiger partial charge in [0.25, 0.3) is 0 Å². The fraction of sp³-hybridized carbons (Fsp3) is 0.533. The van der Waals surface area contributed by atoms with E-state index in [1.807, 2.05) is 60.7 Å². The minimum atomic E-state index is -0.428. The molecule has 1 aliphatic rings. The van der Waals surface area contributed by atoms with Gasteiger partial charge in [-0.2, -0.15) is 0 Å². The smallest absolute Gasteiger partial charge is 0.310 e. The number of benzene rings is 2. The number of hydrogen-bond donors (Lipinski definition) is 0. The van der Waals surface area contributed by atoms with Crippen LogP contribution in [-0.2, 0) is 19.1 Å². The average Bonchev–Trinajstić information content (AvgIpc) is 2.79. The molecular weight excluding hydrogens is 706 g/mol. The maximum atomic E-state index is 13.5. The van der Waals surface area contributed by atoms with Crippen LogP contribution in [0.3, 0.4) is 0 Å². The molecule has 0 bridgehead atoms. The number of carbonyl (C=O) groups excluding carboxylic acids is 2. The Morgan fingerprint density at radius 3 is 1.21 bits per heavy atom. The number of rotatable bonds is 12. The molecule has 2 aromatic rings. The van der Waals surface area contributed by atoms with Gasteiger partial charge < -0.3 is 66.4 Å². The molecule has 8 heteroatoms. The van der Waals surface area contributed by atoms with E-state index in [0.717, 1.165) is 46.0 Å². The Labute approximate surface area is 263 Å². The second kappa shape index (κ2) is 15.5. The Kier molecular flexibility index (Phi) is 14.2. The van der Waals surface area contributed by atoms with Crippen molar-refractivity contribution in [2.24, 2.45) is 11.8 Å². The maximum absolute atomic E-state index is 13.5. The van der Waals surface area contributed by atoms with Crippen LogP contribution in [0.2, 0.25) is 0 Å². The molecule has 0 spiro atoms. The van der Waals surface area contributed by atoms with Crippen molar-refractivity contribution in [3.8, 4) is 0 Å². The molecule has 212 valence electrons. The summed E-state index contributed by atoms with van der Waals surface area (Å²) in [5.74, 6) is -1.85. The summed E-state index contributed by atoms with van der Waals surface area (Å²) in [6.45, 7) is 2.61. The lowest BCUT2D eigenvalue weighted by Gasteiger charge is -2.49. The third kappa shape index (κ3) is 10.1. The minimum absolute atomic E-state index is 0. The van der Waals surface area contributed by atoms with Crippen LogP contribution in [0.25, 0.3) is 0 Å². The van der Waals surface area contributed by atoms with Crippen LogP contribution in [0.1, 0.15) is 35.8 Å². The van der Waals surface area contributed by atoms with Gasteiger partial charge in [-0.1, -0.05) is 60.7 Å². The van der Waals surface area contributed by atoms with E-state index in [1.165, 1.54) is 0 Å². The van der Waals surface area contributed by atoms with E-state index in [2.05, 4.69) is 42.3 Å². The molecule has 0 amide bonds. The molecule has 38 heavy (non-hydrogen) atoms. The Bertz CT molecular complexity index is 901. The van der Waals surface area contributed by atoms with Gasteiger partial charge in [0.1, 0.15) is 0 Å². The van der Waals surface area contributed by atoms with Crippen molar-refractivity contribution >= 4 is 11.9 Å². The van der Waals surface area contributed by atoms with Crippen molar-refractivity contribution in [3.05, 3.63) is 71.8 Å². The second-order valence-corrected chi connectivity index (χ2v) is 12.0. The van der Waals surface area contributed by atoms with Gasteiger partial charge in [-0.15, -0.1) is 0 Å². The van der Waals surface area contributed by atoms with Gasteiger partial charge in [-0.3, -0.25) is 9.59 Å². The summed E-state index contributed by atoms with van der Waals surface area (Å²) in [6.07, 6.45) is 1.59. The van der Waals surface area contributed by atoms with Gasteiger partial charge in [0.15, 0.2) is 0 Å². The topological polar surface area (TPSA) is 52.6 Å². The second-order valence-electron chi connectivity index (χ2n) is 12.0. The molecule has 1 saturated carbocycles. The van der Waals surface area contributed by atoms with Crippen molar-refractivity contribution in [2.75, 3.05) is 68.6 Å². The van der Waals surface area contributed by atoms with Gasteiger partial charge in [0, 0.05) is 24.7 Å². The summed E-state index contributed by atoms with van der Waals surface area (Å²) < 4.78 is 13.3. The number of esters is 2. The first-order valence-electron chi connectivity index (χ1n) is 13.0. The summed E-state index contributed by atoms with van der Waals surface area (Å²) in [6, 6.07) is 19.7. The highest BCUT2D eigenvalue weighted by atomic mass is 127. The Hall–Kier alpha value is -1.24. The molecule has 0 N–H and O–H groups in total. The summed E-state index contributed by atoms with van der Waals surface area (Å²) >= 11 is 0. The molecule has 0 aromatic heterocycles. The van der Waals surface area contributed by atoms with Crippen molar-refractivity contribution < 1.29 is 76.0 Å². The summed E-state index contributed by atoms with van der Waals surface area (Å²) in [4.78, 5) is 26.9. The molecular formula is C30H44I2N2O4. The standard InChI is InChI=1S/C30H44N2O4.2HI/c1-31(2,3)19-13-21-35-29(33)27-25(23-15-9-7-10-16-23)28(26(27)24-17-11-8-12-18-24)30(34)36-22-14-20-32(4,5)6;;/h7-12,15-18,25-28H,13-14,19-22H2,1-6H3;2*1H/q+2;;/p-2. The first-order chi connectivity index (χ1) is 17.0. The van der Waals surface area contributed by atoms with Gasteiger partial charge in [0.05, 0.1) is 80.4 Å². The molecule has 0 unspecified atom stereocenters. The van der Waals surface area contributed by atoms with Crippen molar-refractivity contribution in [1.29, 1.82) is 0 Å². The zero-order valence-corrected chi connectivity index (χ0v) is 27.9. The number of nitrogens with zero attached hydrogens (tertiary/aromatic N) is 2. The molecule has 0 saturated heterocycles. The normalized spacial score (nSPS) is 20.8. The van der Waals surface area contributed by atoms with Gasteiger partial charge in [-0.05, 0) is 11.1 Å². The van der Waals surface area contributed by atoms with E-state index in [0.29, 0.717) is 13.2 Å². The Morgan fingerprint density at radius 2 is 0.921 bits per heavy atom. The van der Waals surface area contributed by atoms with E-state index in [-0.39, 0.29) is 71.7 Å². The van der Waals surface area contributed by atoms with Crippen LogP contribution >= 0.6 is 0 Å². The van der Waals surface area contributed by atoms with Crippen molar-refractivity contribution in [1.82, 2.24) is 0 Å². The van der Waals surface area contributed by atoms with E-state index in [4.69, 9.17) is 9.47 Å². The van der Waals surface area contributed by atoms with Gasteiger partial charge >= 0.3 is 11.9 Å². The number of halogens is 2. The third-order valence-corrected chi connectivity index (χ3v) is 6.90. The zero-order chi connectivity index (χ0) is 26.3. The van der Waals surface area contributed by atoms with E-state index >= 15 is 0 Å². The molecule has 0 aliphatic heterocycles. The first kappa shape index (κ1) is 34.8. The quantitative estimate of drug-likeness (QED) is 0.110. The van der Waals surface area contributed by atoms with Gasteiger partial charge in [-0.25, -0.2) is 0 Å². The van der Waals surface area contributed by atoms with E-state index in [1.54, 1.807) is 0 Å². The van der Waals surface area contributed by atoms with E-state index < -0.39 is 11.8 Å². The highest BCUT2D eigenvalue weighted by Crippen LogP contribution is 2.58. The average molecular weight is 751 g/mol. The van der Waals surface area contributed by atoms with Crippen LogP contribution in [0.15, 0.2) is 60.7 Å². The number of carbonyl (C=O) groups is 2. The lowest BCUT2D eigenvalue weighted by molar-refractivity contribution is -0.870. The number of hydrogen-bond acceptors (Lipinski definition) is 4. The fourth-order valence-corrected chi connectivity index (χ4v) is 5.13. The van der Waals surface area contributed by atoms with Crippen LogP contribution in [0, 0.1) is 11.8 Å². The lowest BCUT2D eigenvalue weighted by atomic mass is 9.52. The fourth-order valence-electron chi connectivity index (χ4n) is 5.13. The molecule has 1 aliphatic carbocycles. The third-order valence-electron chi connectivity index (χ3n) is 6.90. The largest absolute Gasteiger partial charge is 1.00 e. The maximum Gasteiger partial charge on any atom is 0.310 e. The SMILES string of the molecule is C[N+](C)(C)CCCOC(=O)C1C(c2ccccc2)C(C(=O)OCCC[N+](C)(C)C)C1c1ccccc1.[I-].[I-].